The van der Waals surface area contributed by atoms with Crippen LogP contribution in [0.3, 0.4) is 0 Å². The van der Waals surface area contributed by atoms with E-state index in [1.807, 2.05) is 24.3 Å². The standard InChI is InChI=1S/C20H19ClN2O4/c1-26-20(25)17(22-19(24)13-7-9-15(21)10-8-13)11-14-12-23(27-2)18-6-4-3-5-16(14)18/h3-10,12,17H,11H2,1-2H3,(H,22,24). The molecule has 1 N–H and O–H groups in total. The van der Waals surface area contributed by atoms with Gasteiger partial charge in [-0.25, -0.2) is 4.79 Å². The van der Waals surface area contributed by atoms with Crippen molar-refractivity contribution in [2.75, 3.05) is 14.2 Å². The Kier molecular flexibility index (Phi) is 5.66. The van der Waals surface area contributed by atoms with E-state index in [1.54, 1.807) is 42.3 Å². The molecule has 1 heterocycles. The van der Waals surface area contributed by atoms with Crippen molar-refractivity contribution in [3.8, 4) is 0 Å². The van der Waals surface area contributed by atoms with Crippen molar-refractivity contribution in [2.45, 2.75) is 12.5 Å². The molecule has 0 fully saturated rings. The lowest BCUT2D eigenvalue weighted by molar-refractivity contribution is -0.142. The van der Waals surface area contributed by atoms with Gasteiger partial charge in [-0.3, -0.25) is 4.79 Å². The monoisotopic (exact) mass is 386 g/mol. The lowest BCUT2D eigenvalue weighted by Crippen LogP contribution is -2.43. The second-order valence-electron chi connectivity index (χ2n) is 5.94. The Balaban J connectivity index is 1.87. The number of hydrogen-bond donors (Lipinski definition) is 1. The number of para-hydroxylation sites is 1. The summed E-state index contributed by atoms with van der Waals surface area (Å²) in [5.41, 5.74) is 2.15. The predicted octanol–water partition coefficient (Wildman–Crippen LogP) is 2.87. The number of fused-ring (bicyclic) bond motifs is 1. The summed E-state index contributed by atoms with van der Waals surface area (Å²) in [6, 6.07) is 13.3. The van der Waals surface area contributed by atoms with Crippen LogP contribution in [0, 0.1) is 0 Å². The lowest BCUT2D eigenvalue weighted by atomic mass is 10.0. The summed E-state index contributed by atoms with van der Waals surface area (Å²) in [5.74, 6) is -0.899. The zero-order chi connectivity index (χ0) is 19.4. The van der Waals surface area contributed by atoms with Crippen molar-refractivity contribution in [1.29, 1.82) is 0 Å². The van der Waals surface area contributed by atoms with Crippen molar-refractivity contribution in [3.63, 3.8) is 0 Å². The Bertz CT molecular complexity index is 966. The van der Waals surface area contributed by atoms with Crippen molar-refractivity contribution < 1.29 is 19.2 Å². The average molecular weight is 387 g/mol. The number of ether oxygens (including phenoxy) is 1. The van der Waals surface area contributed by atoms with Gasteiger partial charge in [0.05, 0.1) is 12.6 Å². The minimum atomic E-state index is -0.839. The van der Waals surface area contributed by atoms with Crippen molar-refractivity contribution >= 4 is 34.4 Å². The van der Waals surface area contributed by atoms with Crippen LogP contribution in [0.15, 0.2) is 54.7 Å². The topological polar surface area (TPSA) is 69.6 Å². The van der Waals surface area contributed by atoms with Gasteiger partial charge in [0.1, 0.15) is 13.2 Å². The van der Waals surface area contributed by atoms with E-state index < -0.39 is 12.0 Å². The fourth-order valence-electron chi connectivity index (χ4n) is 2.93. The summed E-state index contributed by atoms with van der Waals surface area (Å²) in [5, 5.41) is 4.21. The number of carbonyl (C=O) groups is 2. The molecule has 0 radical (unpaired) electrons. The molecular formula is C20H19ClN2O4. The summed E-state index contributed by atoms with van der Waals surface area (Å²) >= 11 is 5.85. The third-order valence-corrected chi connectivity index (χ3v) is 4.53. The van der Waals surface area contributed by atoms with Crippen molar-refractivity contribution in [2.24, 2.45) is 0 Å². The number of aromatic nitrogens is 1. The van der Waals surface area contributed by atoms with Crippen LogP contribution in [0.25, 0.3) is 10.9 Å². The molecule has 0 spiro atoms. The molecule has 0 aliphatic rings. The van der Waals surface area contributed by atoms with Gasteiger partial charge in [-0.2, -0.15) is 4.73 Å². The molecule has 1 amide bonds. The highest BCUT2D eigenvalue weighted by molar-refractivity contribution is 6.30. The van der Waals surface area contributed by atoms with Gasteiger partial charge < -0.3 is 14.9 Å². The molecule has 0 aliphatic heterocycles. The highest BCUT2D eigenvalue weighted by Crippen LogP contribution is 2.22. The molecule has 1 atom stereocenters. The van der Waals surface area contributed by atoms with Gasteiger partial charge in [-0.15, -0.1) is 0 Å². The van der Waals surface area contributed by atoms with E-state index in [4.69, 9.17) is 21.2 Å². The number of hydrogen-bond acceptors (Lipinski definition) is 4. The lowest BCUT2D eigenvalue weighted by Gasteiger charge is -2.16. The number of nitrogens with one attached hydrogen (secondary N) is 1. The van der Waals surface area contributed by atoms with E-state index in [0.717, 1.165) is 16.5 Å². The van der Waals surface area contributed by atoms with Gasteiger partial charge in [-0.1, -0.05) is 29.8 Å². The quantitative estimate of drug-likeness (QED) is 0.661. The first-order valence-electron chi connectivity index (χ1n) is 8.31. The molecule has 3 rings (SSSR count). The molecule has 27 heavy (non-hydrogen) atoms. The average Bonchev–Trinajstić information content (AvgIpc) is 3.05. The van der Waals surface area contributed by atoms with Crippen LogP contribution in [0.4, 0.5) is 0 Å². The molecule has 7 heteroatoms. The number of halogens is 1. The summed E-state index contributed by atoms with van der Waals surface area (Å²) in [7, 11) is 2.86. The van der Waals surface area contributed by atoms with E-state index >= 15 is 0 Å². The third kappa shape index (κ3) is 4.06. The van der Waals surface area contributed by atoms with Crippen LogP contribution in [0.1, 0.15) is 15.9 Å². The Labute approximate surface area is 161 Å². The first-order valence-corrected chi connectivity index (χ1v) is 8.69. The number of methoxy groups -OCH3 is 1. The van der Waals surface area contributed by atoms with Gasteiger partial charge in [-0.05, 0) is 35.9 Å². The van der Waals surface area contributed by atoms with Gasteiger partial charge in [0, 0.05) is 28.6 Å². The fraction of sp³-hybridized carbons (Fsp3) is 0.200. The maximum Gasteiger partial charge on any atom is 0.328 e. The molecule has 140 valence electrons. The summed E-state index contributed by atoms with van der Waals surface area (Å²) in [4.78, 5) is 30.1. The first-order chi connectivity index (χ1) is 13.0. The molecule has 2 aromatic carbocycles. The second kappa shape index (κ2) is 8.14. The smallest absolute Gasteiger partial charge is 0.328 e. The normalized spacial score (nSPS) is 11.8. The molecule has 1 aromatic heterocycles. The van der Waals surface area contributed by atoms with Gasteiger partial charge in [0.25, 0.3) is 5.91 Å². The molecule has 0 saturated heterocycles. The maximum absolute atomic E-state index is 12.5. The fourth-order valence-corrected chi connectivity index (χ4v) is 3.06. The Morgan fingerprint density at radius 3 is 2.48 bits per heavy atom. The minimum absolute atomic E-state index is 0.267. The van der Waals surface area contributed by atoms with Crippen LogP contribution < -0.4 is 10.2 Å². The number of amides is 1. The zero-order valence-electron chi connectivity index (χ0n) is 14.9. The second-order valence-corrected chi connectivity index (χ2v) is 6.38. The van der Waals surface area contributed by atoms with Crippen LogP contribution in [-0.2, 0) is 16.0 Å². The van der Waals surface area contributed by atoms with Gasteiger partial charge >= 0.3 is 5.97 Å². The van der Waals surface area contributed by atoms with Crippen LogP contribution in [0.5, 0.6) is 0 Å². The number of rotatable bonds is 6. The minimum Gasteiger partial charge on any atom is -0.467 e. The molecule has 6 nitrogen and oxygen atoms in total. The Morgan fingerprint density at radius 2 is 1.81 bits per heavy atom. The predicted molar refractivity (Wildman–Crippen MR) is 103 cm³/mol. The molecule has 0 bridgehead atoms. The van der Waals surface area contributed by atoms with E-state index in [2.05, 4.69) is 5.32 Å². The van der Waals surface area contributed by atoms with Crippen LogP contribution in [0.2, 0.25) is 5.02 Å². The number of esters is 1. The van der Waals surface area contributed by atoms with Crippen molar-refractivity contribution in [3.05, 3.63) is 70.9 Å². The Hall–Kier alpha value is -2.99. The van der Waals surface area contributed by atoms with E-state index in [-0.39, 0.29) is 12.3 Å². The molecule has 0 aliphatic carbocycles. The van der Waals surface area contributed by atoms with E-state index in [0.29, 0.717) is 10.6 Å². The van der Waals surface area contributed by atoms with Gasteiger partial charge in [0.2, 0.25) is 0 Å². The first kappa shape index (κ1) is 18.8. The highest BCUT2D eigenvalue weighted by atomic mass is 35.5. The zero-order valence-corrected chi connectivity index (χ0v) is 15.7. The molecule has 1 unspecified atom stereocenters. The van der Waals surface area contributed by atoms with Crippen molar-refractivity contribution in [1.82, 2.24) is 10.0 Å². The summed E-state index contributed by atoms with van der Waals surface area (Å²) in [6.45, 7) is 0. The molecule has 3 aromatic rings. The molecular weight excluding hydrogens is 368 g/mol. The largest absolute Gasteiger partial charge is 0.467 e. The Morgan fingerprint density at radius 1 is 1.11 bits per heavy atom. The van der Waals surface area contributed by atoms with Crippen LogP contribution >= 0.6 is 11.6 Å². The van der Waals surface area contributed by atoms with E-state index in [1.165, 1.54) is 7.11 Å². The molecule has 0 saturated carbocycles. The van der Waals surface area contributed by atoms with Crippen LogP contribution in [-0.4, -0.2) is 36.9 Å². The van der Waals surface area contributed by atoms with Gasteiger partial charge in [0.15, 0.2) is 0 Å². The summed E-state index contributed by atoms with van der Waals surface area (Å²) in [6.07, 6.45) is 2.07. The summed E-state index contributed by atoms with van der Waals surface area (Å²) < 4.78 is 6.50. The number of benzene rings is 2. The third-order valence-electron chi connectivity index (χ3n) is 4.28. The SMILES string of the molecule is COC(=O)C(Cc1cn(OC)c2ccccc12)NC(=O)c1ccc(Cl)cc1. The highest BCUT2D eigenvalue weighted by Gasteiger charge is 2.24. The maximum atomic E-state index is 12.5. The number of carbonyl (C=O) groups excluding carboxylic acids is 2. The number of nitrogens with zero attached hydrogens (tertiary/aromatic N) is 1. The van der Waals surface area contributed by atoms with E-state index in [9.17, 15) is 9.59 Å².